The molecule has 0 saturated carbocycles. The topological polar surface area (TPSA) is 48.0 Å². The number of rotatable bonds is 12. The number of ether oxygens (including phenoxy) is 3. The standard InChI is InChI=1S/C28H37NO4/c1-4-6-17-31-18-19-33-26-12-9-23(10-13-26)24-11-14-27(29-15-7-8-16-29)25(21-24)20-22(3)28(30)32-5-2/h9-14,20-21H,4-8,15-19H2,1-3H3/b22-20+. The fourth-order valence-electron chi connectivity index (χ4n) is 3.94. The molecule has 1 heterocycles. The average molecular weight is 452 g/mol. The summed E-state index contributed by atoms with van der Waals surface area (Å²) >= 11 is 0. The Kier molecular flexibility index (Phi) is 9.82. The molecule has 0 aliphatic carbocycles. The van der Waals surface area contributed by atoms with Crippen molar-refractivity contribution in [3.8, 4) is 16.9 Å². The van der Waals surface area contributed by atoms with Crippen LogP contribution in [-0.2, 0) is 14.3 Å². The van der Waals surface area contributed by atoms with Crippen LogP contribution < -0.4 is 9.64 Å². The van der Waals surface area contributed by atoms with Crippen molar-refractivity contribution < 1.29 is 19.0 Å². The van der Waals surface area contributed by atoms with Crippen LogP contribution >= 0.6 is 0 Å². The first kappa shape index (κ1) is 24.8. The zero-order valence-corrected chi connectivity index (χ0v) is 20.3. The third kappa shape index (κ3) is 7.36. The summed E-state index contributed by atoms with van der Waals surface area (Å²) in [4.78, 5) is 14.6. The monoisotopic (exact) mass is 451 g/mol. The summed E-state index contributed by atoms with van der Waals surface area (Å²) < 4.78 is 16.5. The first-order valence-corrected chi connectivity index (χ1v) is 12.2. The molecule has 2 aromatic carbocycles. The third-order valence-electron chi connectivity index (χ3n) is 5.77. The molecule has 3 rings (SSSR count). The average Bonchev–Trinajstić information content (AvgIpc) is 3.36. The van der Waals surface area contributed by atoms with Gasteiger partial charge in [0.15, 0.2) is 0 Å². The van der Waals surface area contributed by atoms with Gasteiger partial charge in [-0.2, -0.15) is 0 Å². The maximum atomic E-state index is 12.2. The van der Waals surface area contributed by atoms with E-state index < -0.39 is 0 Å². The maximum Gasteiger partial charge on any atom is 0.333 e. The second-order valence-electron chi connectivity index (χ2n) is 8.35. The highest BCUT2D eigenvalue weighted by Gasteiger charge is 2.17. The number of carbonyl (C=O) groups is 1. The van der Waals surface area contributed by atoms with Gasteiger partial charge in [-0.15, -0.1) is 0 Å². The summed E-state index contributed by atoms with van der Waals surface area (Å²) in [6.45, 7) is 10.2. The maximum absolute atomic E-state index is 12.2. The first-order valence-electron chi connectivity index (χ1n) is 12.2. The number of esters is 1. The molecule has 1 fully saturated rings. The SMILES string of the molecule is CCCCOCCOc1ccc(-c2ccc(N3CCCC3)c(/C=C(\C)C(=O)OCC)c2)cc1. The number of anilines is 1. The van der Waals surface area contributed by atoms with Crippen LogP contribution in [0.5, 0.6) is 5.75 Å². The lowest BCUT2D eigenvalue weighted by atomic mass is 10.00. The Bertz CT molecular complexity index is 914. The van der Waals surface area contributed by atoms with Crippen LogP contribution in [0.4, 0.5) is 5.69 Å². The van der Waals surface area contributed by atoms with E-state index in [1.54, 1.807) is 0 Å². The molecule has 0 radical (unpaired) electrons. The van der Waals surface area contributed by atoms with Crippen LogP contribution in [0.3, 0.4) is 0 Å². The normalized spacial score (nSPS) is 13.9. The molecular weight excluding hydrogens is 414 g/mol. The van der Waals surface area contributed by atoms with Crippen molar-refractivity contribution in [3.05, 3.63) is 53.6 Å². The van der Waals surface area contributed by atoms with Gasteiger partial charge in [0.05, 0.1) is 13.2 Å². The lowest BCUT2D eigenvalue weighted by Crippen LogP contribution is -2.18. The first-order chi connectivity index (χ1) is 16.1. The van der Waals surface area contributed by atoms with Gasteiger partial charge >= 0.3 is 5.97 Å². The minimum absolute atomic E-state index is 0.268. The van der Waals surface area contributed by atoms with Crippen molar-refractivity contribution in [2.45, 2.75) is 46.5 Å². The lowest BCUT2D eigenvalue weighted by molar-refractivity contribution is -0.138. The number of nitrogens with zero attached hydrogens (tertiary/aromatic N) is 1. The van der Waals surface area contributed by atoms with E-state index in [2.05, 4.69) is 42.2 Å². The molecule has 0 unspecified atom stereocenters. The summed E-state index contributed by atoms with van der Waals surface area (Å²) in [5.41, 5.74) is 5.04. The minimum atomic E-state index is -0.268. The van der Waals surface area contributed by atoms with Gasteiger partial charge in [0.2, 0.25) is 0 Å². The van der Waals surface area contributed by atoms with Gasteiger partial charge in [-0.3, -0.25) is 0 Å². The Morgan fingerprint density at radius 2 is 1.70 bits per heavy atom. The summed E-state index contributed by atoms with van der Waals surface area (Å²) in [7, 11) is 0. The summed E-state index contributed by atoms with van der Waals surface area (Å²) in [6.07, 6.45) is 6.58. The van der Waals surface area contributed by atoms with E-state index in [-0.39, 0.29) is 5.97 Å². The van der Waals surface area contributed by atoms with Crippen molar-refractivity contribution in [1.29, 1.82) is 0 Å². The van der Waals surface area contributed by atoms with E-state index in [1.165, 1.54) is 18.5 Å². The molecule has 33 heavy (non-hydrogen) atoms. The van der Waals surface area contributed by atoms with E-state index in [0.29, 0.717) is 25.4 Å². The largest absolute Gasteiger partial charge is 0.491 e. The molecule has 1 aliphatic heterocycles. The lowest BCUT2D eigenvalue weighted by Gasteiger charge is -2.21. The molecule has 1 saturated heterocycles. The van der Waals surface area contributed by atoms with Gasteiger partial charge in [0.25, 0.3) is 0 Å². The van der Waals surface area contributed by atoms with Crippen LogP contribution in [0.2, 0.25) is 0 Å². The second kappa shape index (κ2) is 13.0. The van der Waals surface area contributed by atoms with Crippen molar-refractivity contribution in [1.82, 2.24) is 0 Å². The molecule has 5 heteroatoms. The van der Waals surface area contributed by atoms with E-state index in [9.17, 15) is 4.79 Å². The number of unbranched alkanes of at least 4 members (excludes halogenated alkanes) is 1. The van der Waals surface area contributed by atoms with Gasteiger partial charge in [0, 0.05) is 31.0 Å². The van der Waals surface area contributed by atoms with Crippen LogP contribution in [-0.4, -0.2) is 45.5 Å². The quantitative estimate of drug-likeness (QED) is 0.221. The highest BCUT2D eigenvalue weighted by atomic mass is 16.5. The molecule has 0 spiro atoms. The smallest absolute Gasteiger partial charge is 0.333 e. The number of benzene rings is 2. The van der Waals surface area contributed by atoms with E-state index >= 15 is 0 Å². The molecule has 0 amide bonds. The van der Waals surface area contributed by atoms with Crippen molar-refractivity contribution in [3.63, 3.8) is 0 Å². The van der Waals surface area contributed by atoms with Gasteiger partial charge < -0.3 is 19.1 Å². The Balaban J connectivity index is 1.74. The van der Waals surface area contributed by atoms with Crippen LogP contribution in [0.25, 0.3) is 17.2 Å². The summed E-state index contributed by atoms with van der Waals surface area (Å²) in [6, 6.07) is 14.6. The number of hydrogen-bond acceptors (Lipinski definition) is 5. The molecule has 1 aliphatic rings. The van der Waals surface area contributed by atoms with Crippen LogP contribution in [0.15, 0.2) is 48.0 Å². The van der Waals surface area contributed by atoms with Crippen LogP contribution in [0.1, 0.15) is 52.0 Å². The van der Waals surface area contributed by atoms with Gasteiger partial charge in [0.1, 0.15) is 12.4 Å². The minimum Gasteiger partial charge on any atom is -0.491 e. The van der Waals surface area contributed by atoms with E-state index in [1.807, 2.05) is 32.1 Å². The third-order valence-corrected chi connectivity index (χ3v) is 5.77. The fraction of sp³-hybridized carbons (Fsp3) is 0.464. The summed E-state index contributed by atoms with van der Waals surface area (Å²) in [5.74, 6) is 0.570. The zero-order valence-electron chi connectivity index (χ0n) is 20.3. The molecule has 0 aromatic heterocycles. The highest BCUT2D eigenvalue weighted by Crippen LogP contribution is 2.32. The molecule has 0 bridgehead atoms. The Labute approximate surface area is 198 Å². The van der Waals surface area contributed by atoms with Gasteiger partial charge in [-0.25, -0.2) is 4.79 Å². The number of hydrogen-bond donors (Lipinski definition) is 0. The molecule has 0 atom stereocenters. The fourth-order valence-corrected chi connectivity index (χ4v) is 3.94. The van der Waals surface area contributed by atoms with Crippen molar-refractivity contribution >= 4 is 17.7 Å². The van der Waals surface area contributed by atoms with E-state index in [0.717, 1.165) is 55.0 Å². The molecule has 178 valence electrons. The highest BCUT2D eigenvalue weighted by molar-refractivity contribution is 5.94. The summed E-state index contributed by atoms with van der Waals surface area (Å²) in [5, 5.41) is 0. The Hall–Kier alpha value is -2.79. The molecular formula is C28H37NO4. The van der Waals surface area contributed by atoms with Gasteiger partial charge in [-0.05, 0) is 80.1 Å². The molecule has 5 nitrogen and oxygen atoms in total. The Morgan fingerprint density at radius 3 is 2.39 bits per heavy atom. The van der Waals surface area contributed by atoms with E-state index in [4.69, 9.17) is 14.2 Å². The molecule has 0 N–H and O–H groups in total. The predicted molar refractivity (Wildman–Crippen MR) is 135 cm³/mol. The zero-order chi connectivity index (χ0) is 23.5. The van der Waals surface area contributed by atoms with Crippen molar-refractivity contribution in [2.24, 2.45) is 0 Å². The Morgan fingerprint density at radius 1 is 0.970 bits per heavy atom. The predicted octanol–water partition coefficient (Wildman–Crippen LogP) is 6.12. The second-order valence-corrected chi connectivity index (χ2v) is 8.35. The van der Waals surface area contributed by atoms with Crippen molar-refractivity contribution in [2.75, 3.05) is 44.4 Å². The number of carbonyl (C=O) groups excluding carboxylic acids is 1. The van der Waals surface area contributed by atoms with Crippen LogP contribution in [0, 0.1) is 0 Å². The molecule has 2 aromatic rings. The van der Waals surface area contributed by atoms with Gasteiger partial charge in [-0.1, -0.05) is 31.5 Å².